The zero-order valence-electron chi connectivity index (χ0n) is 22.3. The van der Waals surface area contributed by atoms with Crippen molar-refractivity contribution in [2.45, 2.75) is 44.3 Å². The largest absolute Gasteiger partial charge is 0.338 e. The summed E-state index contributed by atoms with van der Waals surface area (Å²) < 4.78 is 1.92. The van der Waals surface area contributed by atoms with E-state index in [0.717, 1.165) is 42.8 Å². The van der Waals surface area contributed by atoms with Crippen LogP contribution in [0.15, 0.2) is 89.9 Å². The number of hydrogen-bond acceptors (Lipinski definition) is 6. The second-order valence-electron chi connectivity index (χ2n) is 10.7. The van der Waals surface area contributed by atoms with Gasteiger partial charge in [-0.3, -0.25) is 19.4 Å². The van der Waals surface area contributed by atoms with Crippen molar-refractivity contribution in [3.8, 4) is 0 Å². The summed E-state index contributed by atoms with van der Waals surface area (Å²) in [4.78, 5) is 35.6. The van der Waals surface area contributed by atoms with Crippen LogP contribution in [0.2, 0.25) is 0 Å². The average molecular weight is 531 g/mol. The number of para-hydroxylation sites is 1. The Labute approximate surface area is 232 Å². The van der Waals surface area contributed by atoms with Crippen molar-refractivity contribution in [1.29, 1.82) is 0 Å². The highest BCUT2D eigenvalue weighted by Crippen LogP contribution is 2.42. The molecule has 3 heterocycles. The Hall–Kier alpha value is -4.72. The first kappa shape index (κ1) is 24.3. The minimum atomic E-state index is -0.114. The second kappa shape index (κ2) is 9.79. The zero-order chi connectivity index (χ0) is 27.2. The lowest BCUT2D eigenvalue weighted by molar-refractivity contribution is 0.0865. The Bertz CT molecular complexity index is 1610. The summed E-state index contributed by atoms with van der Waals surface area (Å²) in [6.07, 6.45) is 4.36. The van der Waals surface area contributed by atoms with E-state index in [1.54, 1.807) is 11.9 Å². The van der Waals surface area contributed by atoms with Crippen LogP contribution in [0.3, 0.4) is 0 Å². The van der Waals surface area contributed by atoms with E-state index in [2.05, 4.69) is 10.2 Å². The molecule has 1 fully saturated rings. The van der Waals surface area contributed by atoms with Crippen molar-refractivity contribution in [2.24, 2.45) is 4.99 Å². The minimum absolute atomic E-state index is 0.00661. The number of hydrogen-bond donors (Lipinski definition) is 1. The summed E-state index contributed by atoms with van der Waals surface area (Å²) in [5, 5.41) is 8.36. The van der Waals surface area contributed by atoms with Gasteiger partial charge in [0.1, 0.15) is 11.4 Å². The molecule has 0 radical (unpaired) electrons. The fraction of sp³-hybridized carbons (Fsp3) is 0.250. The lowest BCUT2D eigenvalue weighted by atomic mass is 9.90. The number of fused-ring (bicyclic) bond motifs is 5. The predicted molar refractivity (Wildman–Crippen MR) is 155 cm³/mol. The van der Waals surface area contributed by atoms with Crippen LogP contribution in [0, 0.1) is 0 Å². The van der Waals surface area contributed by atoms with E-state index in [1.807, 2.05) is 89.6 Å². The van der Waals surface area contributed by atoms with Gasteiger partial charge in [-0.05, 0) is 30.5 Å². The molecule has 0 saturated heterocycles. The van der Waals surface area contributed by atoms with E-state index in [-0.39, 0.29) is 23.8 Å². The maximum Gasteiger partial charge on any atom is 0.267 e. The molecule has 0 spiro atoms. The van der Waals surface area contributed by atoms with E-state index in [1.165, 1.54) is 0 Å². The molecular formula is C32H30N6O2. The van der Waals surface area contributed by atoms with Crippen LogP contribution >= 0.6 is 0 Å². The quantitative estimate of drug-likeness (QED) is 0.334. The molecule has 40 heavy (non-hydrogen) atoms. The normalized spacial score (nSPS) is 19.5. The number of ketones is 1. The fourth-order valence-corrected chi connectivity index (χ4v) is 6.10. The molecule has 3 aromatic carbocycles. The van der Waals surface area contributed by atoms with E-state index < -0.39 is 0 Å². The Morgan fingerprint density at radius 2 is 1.57 bits per heavy atom. The van der Waals surface area contributed by atoms with Crippen LogP contribution in [0.4, 0.5) is 17.3 Å². The lowest BCUT2D eigenvalue weighted by Gasteiger charge is -2.38. The molecule has 7 rings (SSSR count). The zero-order valence-corrected chi connectivity index (χ0v) is 22.3. The highest BCUT2D eigenvalue weighted by molar-refractivity contribution is 6.21. The number of carbonyl (C=O) groups excluding carboxylic acids is 2. The number of carbonyl (C=O) groups is 2. The predicted octanol–water partition coefficient (Wildman–Crippen LogP) is 5.48. The highest BCUT2D eigenvalue weighted by Gasteiger charge is 2.48. The van der Waals surface area contributed by atoms with Crippen LogP contribution in [-0.4, -0.2) is 51.5 Å². The van der Waals surface area contributed by atoms with Gasteiger partial charge in [-0.2, -0.15) is 5.10 Å². The van der Waals surface area contributed by atoms with Crippen molar-refractivity contribution in [1.82, 2.24) is 14.7 Å². The van der Waals surface area contributed by atoms with Crippen molar-refractivity contribution in [3.63, 3.8) is 0 Å². The van der Waals surface area contributed by atoms with Gasteiger partial charge in [0.05, 0.1) is 18.6 Å². The minimum Gasteiger partial charge on any atom is -0.338 e. The number of guanidine groups is 1. The summed E-state index contributed by atoms with van der Waals surface area (Å²) in [6.45, 7) is 0.455. The number of nitrogens with one attached hydrogen (secondary N) is 1. The summed E-state index contributed by atoms with van der Waals surface area (Å²) in [5.74, 6) is 1.92. The number of anilines is 3. The van der Waals surface area contributed by atoms with Gasteiger partial charge in [0.25, 0.3) is 5.91 Å². The molecule has 8 nitrogen and oxygen atoms in total. The first-order valence-corrected chi connectivity index (χ1v) is 13.8. The first-order valence-electron chi connectivity index (χ1n) is 13.8. The molecule has 1 aromatic heterocycles. The molecular weight excluding hydrogens is 500 g/mol. The van der Waals surface area contributed by atoms with Crippen LogP contribution in [0.5, 0.6) is 0 Å². The Morgan fingerprint density at radius 1 is 0.900 bits per heavy atom. The standard InChI is InChI=1S/C32H30N6O2/c1-36-31(40)27-29(33-24-12-6-3-7-13-24)35-37(30(27)38-26-15-9-8-14-25(26)34-32(36)38)20-21-16-18-23(19-17-21)28(39)22-10-4-2-5-11-22/h2-7,10-13,16-19,25-26H,8-9,14-15,20H2,1H3,(H,33,35)/t25-,26+/m1/s1. The van der Waals surface area contributed by atoms with E-state index in [0.29, 0.717) is 35.0 Å². The van der Waals surface area contributed by atoms with Crippen LogP contribution in [0.25, 0.3) is 0 Å². The third kappa shape index (κ3) is 4.07. The van der Waals surface area contributed by atoms with Gasteiger partial charge in [0, 0.05) is 23.9 Å². The Morgan fingerprint density at radius 3 is 2.33 bits per heavy atom. The van der Waals surface area contributed by atoms with Crippen LogP contribution in [0.1, 0.15) is 57.5 Å². The average Bonchev–Trinajstić information content (AvgIpc) is 3.55. The molecule has 1 saturated carbocycles. The molecule has 8 heteroatoms. The van der Waals surface area contributed by atoms with Gasteiger partial charge in [0.2, 0.25) is 5.96 Å². The summed E-state index contributed by atoms with van der Waals surface area (Å²) in [5.41, 5.74) is 3.72. The SMILES string of the molecule is CN1C(=O)c2c(Nc3ccccc3)nn(Cc3ccc(C(=O)c4ccccc4)cc3)c2N2C1=N[C@@H]1CCCC[C@@H]12. The Balaban J connectivity index is 1.28. The monoisotopic (exact) mass is 530 g/mol. The van der Waals surface area contributed by atoms with Gasteiger partial charge in [0.15, 0.2) is 11.6 Å². The van der Waals surface area contributed by atoms with Gasteiger partial charge in [-0.15, -0.1) is 0 Å². The number of rotatable bonds is 6. The van der Waals surface area contributed by atoms with Gasteiger partial charge in [-0.25, -0.2) is 9.67 Å². The summed E-state index contributed by atoms with van der Waals surface area (Å²) in [6, 6.07) is 27.1. The molecule has 200 valence electrons. The summed E-state index contributed by atoms with van der Waals surface area (Å²) >= 11 is 0. The molecule has 1 N–H and O–H groups in total. The third-order valence-corrected chi connectivity index (χ3v) is 8.12. The van der Waals surface area contributed by atoms with Gasteiger partial charge >= 0.3 is 0 Å². The number of amides is 1. The van der Waals surface area contributed by atoms with Crippen molar-refractivity contribution in [2.75, 3.05) is 17.3 Å². The number of aromatic nitrogens is 2. The number of aliphatic imine (C=N–C) groups is 1. The van der Waals surface area contributed by atoms with E-state index in [9.17, 15) is 9.59 Å². The molecule has 3 aliphatic rings. The number of benzene rings is 3. The molecule has 0 unspecified atom stereocenters. The third-order valence-electron chi connectivity index (χ3n) is 8.12. The highest BCUT2D eigenvalue weighted by atomic mass is 16.2. The molecule has 2 aliphatic heterocycles. The van der Waals surface area contributed by atoms with Gasteiger partial charge < -0.3 is 5.32 Å². The van der Waals surface area contributed by atoms with Crippen molar-refractivity contribution >= 4 is 35.0 Å². The number of nitrogens with zero attached hydrogens (tertiary/aromatic N) is 5. The molecule has 1 aliphatic carbocycles. The van der Waals surface area contributed by atoms with Crippen molar-refractivity contribution < 1.29 is 9.59 Å². The topological polar surface area (TPSA) is 82.8 Å². The van der Waals surface area contributed by atoms with Crippen LogP contribution < -0.4 is 10.2 Å². The maximum atomic E-state index is 13.8. The summed E-state index contributed by atoms with van der Waals surface area (Å²) in [7, 11) is 1.81. The lowest BCUT2D eigenvalue weighted by Crippen LogP contribution is -2.53. The van der Waals surface area contributed by atoms with E-state index in [4.69, 9.17) is 10.1 Å². The molecule has 1 amide bonds. The first-order chi connectivity index (χ1) is 19.6. The molecule has 0 bridgehead atoms. The molecule has 2 atom stereocenters. The van der Waals surface area contributed by atoms with Gasteiger partial charge in [-0.1, -0.05) is 85.6 Å². The van der Waals surface area contributed by atoms with E-state index >= 15 is 0 Å². The fourth-order valence-electron chi connectivity index (χ4n) is 6.10. The van der Waals surface area contributed by atoms with Crippen LogP contribution in [-0.2, 0) is 6.54 Å². The van der Waals surface area contributed by atoms with Crippen molar-refractivity contribution in [3.05, 3.63) is 107 Å². The second-order valence-corrected chi connectivity index (χ2v) is 10.7. The smallest absolute Gasteiger partial charge is 0.267 e. The molecule has 4 aromatic rings. The maximum absolute atomic E-state index is 13.8. The Kier molecular flexibility index (Phi) is 5.95.